The maximum Gasteiger partial charge on any atom is 0.323 e. The lowest BCUT2D eigenvalue weighted by Gasteiger charge is -2.14. The first kappa shape index (κ1) is 9.86. The standard InChI is InChI=1S/C5H10N2O4/c1-7-2(5(10)11)3(8)4(6)9/h2-3,7-8H,1H3,(H2,6,9)(H,10,11)/t2-,3+/m0/s1. The molecule has 6 nitrogen and oxygen atoms in total. The van der Waals surface area contributed by atoms with Crippen molar-refractivity contribution >= 4 is 11.9 Å². The molecule has 0 aliphatic carbocycles. The molecule has 0 aliphatic heterocycles. The number of rotatable bonds is 4. The SMILES string of the molecule is CN[C@H](C(=O)O)[C@@H](O)C(N)=O. The Morgan fingerprint density at radius 3 is 2.09 bits per heavy atom. The molecule has 0 bridgehead atoms. The minimum absolute atomic E-state index is 1.06. The smallest absolute Gasteiger partial charge is 0.323 e. The fourth-order valence-electron chi connectivity index (χ4n) is 0.581. The van der Waals surface area contributed by atoms with Crippen LogP contribution in [0.15, 0.2) is 0 Å². The molecule has 0 saturated carbocycles. The van der Waals surface area contributed by atoms with E-state index in [4.69, 9.17) is 10.2 Å². The minimum Gasteiger partial charge on any atom is -0.480 e. The van der Waals surface area contributed by atoms with Crippen molar-refractivity contribution in [3.63, 3.8) is 0 Å². The van der Waals surface area contributed by atoms with Crippen molar-refractivity contribution in [1.82, 2.24) is 5.32 Å². The molecule has 11 heavy (non-hydrogen) atoms. The first-order valence-corrected chi connectivity index (χ1v) is 2.88. The van der Waals surface area contributed by atoms with Crippen molar-refractivity contribution in [3.8, 4) is 0 Å². The number of carboxylic acid groups (broad SMARTS) is 1. The summed E-state index contributed by atoms with van der Waals surface area (Å²) in [7, 11) is 1.31. The van der Waals surface area contributed by atoms with E-state index in [1.54, 1.807) is 0 Å². The minimum atomic E-state index is -1.70. The number of carbonyl (C=O) groups is 2. The summed E-state index contributed by atoms with van der Waals surface area (Å²) in [5.74, 6) is -2.38. The van der Waals surface area contributed by atoms with Crippen molar-refractivity contribution in [3.05, 3.63) is 0 Å². The summed E-state index contributed by atoms with van der Waals surface area (Å²) in [5.41, 5.74) is 4.66. The number of amides is 1. The van der Waals surface area contributed by atoms with E-state index in [1.807, 2.05) is 0 Å². The van der Waals surface area contributed by atoms with Gasteiger partial charge in [-0.05, 0) is 7.05 Å². The van der Waals surface area contributed by atoms with E-state index in [-0.39, 0.29) is 0 Å². The molecule has 0 unspecified atom stereocenters. The van der Waals surface area contributed by atoms with Crippen LogP contribution in [-0.2, 0) is 9.59 Å². The second kappa shape index (κ2) is 3.89. The number of nitrogens with two attached hydrogens (primary N) is 1. The van der Waals surface area contributed by atoms with Gasteiger partial charge >= 0.3 is 5.97 Å². The average Bonchev–Trinajstić information content (AvgIpc) is 1.88. The van der Waals surface area contributed by atoms with Gasteiger partial charge in [-0.25, -0.2) is 0 Å². The molecule has 0 spiro atoms. The molecule has 1 amide bonds. The summed E-state index contributed by atoms with van der Waals surface area (Å²) in [5, 5.41) is 19.4. The largest absolute Gasteiger partial charge is 0.480 e. The fraction of sp³-hybridized carbons (Fsp3) is 0.600. The number of carbonyl (C=O) groups excluding carboxylic acids is 1. The second-order valence-electron chi connectivity index (χ2n) is 1.95. The summed E-state index contributed by atoms with van der Waals surface area (Å²) >= 11 is 0. The van der Waals surface area contributed by atoms with E-state index in [9.17, 15) is 9.59 Å². The number of nitrogens with one attached hydrogen (secondary N) is 1. The maximum atomic E-state index is 10.3. The van der Waals surface area contributed by atoms with Crippen LogP contribution in [0.25, 0.3) is 0 Å². The highest BCUT2D eigenvalue weighted by Crippen LogP contribution is 1.91. The first-order chi connectivity index (χ1) is 5.00. The van der Waals surface area contributed by atoms with Gasteiger partial charge in [0.25, 0.3) is 0 Å². The van der Waals surface area contributed by atoms with Crippen molar-refractivity contribution in [1.29, 1.82) is 0 Å². The van der Waals surface area contributed by atoms with E-state index < -0.39 is 24.0 Å². The van der Waals surface area contributed by atoms with Crippen LogP contribution in [0.5, 0.6) is 0 Å². The number of aliphatic hydroxyl groups excluding tert-OH is 1. The number of primary amides is 1. The molecule has 6 heteroatoms. The van der Waals surface area contributed by atoms with Crippen LogP contribution in [0.4, 0.5) is 0 Å². The Labute approximate surface area is 63.0 Å². The third kappa shape index (κ3) is 2.52. The molecule has 0 radical (unpaired) electrons. The Hall–Kier alpha value is -1.14. The van der Waals surface area contributed by atoms with Gasteiger partial charge < -0.3 is 21.3 Å². The van der Waals surface area contributed by atoms with Gasteiger partial charge in [0.1, 0.15) is 6.04 Å². The van der Waals surface area contributed by atoms with Gasteiger partial charge in [-0.3, -0.25) is 9.59 Å². The van der Waals surface area contributed by atoms with E-state index >= 15 is 0 Å². The highest BCUT2D eigenvalue weighted by Gasteiger charge is 2.28. The molecule has 64 valence electrons. The van der Waals surface area contributed by atoms with Crippen LogP contribution in [0.3, 0.4) is 0 Å². The zero-order valence-corrected chi connectivity index (χ0v) is 5.94. The summed E-state index contributed by atoms with van der Waals surface area (Å²) in [6, 6.07) is -1.34. The highest BCUT2D eigenvalue weighted by atomic mass is 16.4. The van der Waals surface area contributed by atoms with Crippen molar-refractivity contribution in [2.24, 2.45) is 5.73 Å². The van der Waals surface area contributed by atoms with Crippen LogP contribution in [0, 0.1) is 0 Å². The van der Waals surface area contributed by atoms with Crippen molar-refractivity contribution in [2.75, 3.05) is 7.05 Å². The Morgan fingerprint density at radius 1 is 1.55 bits per heavy atom. The van der Waals surface area contributed by atoms with E-state index in [0.717, 1.165) is 0 Å². The third-order valence-corrected chi connectivity index (χ3v) is 1.18. The predicted octanol–water partition coefficient (Wildman–Crippen LogP) is -2.49. The summed E-state index contributed by atoms with van der Waals surface area (Å²) in [4.78, 5) is 20.5. The molecule has 5 N–H and O–H groups in total. The van der Waals surface area contributed by atoms with Crippen LogP contribution in [0.2, 0.25) is 0 Å². The van der Waals surface area contributed by atoms with Gasteiger partial charge in [0.05, 0.1) is 0 Å². The summed E-state index contributed by atoms with van der Waals surface area (Å²) in [6.45, 7) is 0. The zero-order valence-electron chi connectivity index (χ0n) is 5.94. The highest BCUT2D eigenvalue weighted by molar-refractivity contribution is 5.87. The van der Waals surface area contributed by atoms with Crippen LogP contribution in [0.1, 0.15) is 0 Å². The molecule has 0 saturated heterocycles. The molecule has 0 aromatic carbocycles. The Kier molecular flexibility index (Phi) is 3.49. The molecular weight excluding hydrogens is 152 g/mol. The molecule has 0 aromatic rings. The number of carboxylic acids is 1. The number of aliphatic hydroxyl groups is 1. The van der Waals surface area contributed by atoms with Crippen LogP contribution >= 0.6 is 0 Å². The molecular formula is C5H10N2O4. The van der Waals surface area contributed by atoms with Gasteiger partial charge in [-0.1, -0.05) is 0 Å². The maximum absolute atomic E-state index is 10.3. The molecule has 2 atom stereocenters. The summed E-state index contributed by atoms with van der Waals surface area (Å²) in [6.07, 6.45) is -1.70. The fourth-order valence-corrected chi connectivity index (χ4v) is 0.581. The zero-order chi connectivity index (χ0) is 9.02. The Bertz CT molecular complexity index is 170. The van der Waals surface area contributed by atoms with Crippen molar-refractivity contribution in [2.45, 2.75) is 12.1 Å². The van der Waals surface area contributed by atoms with Gasteiger partial charge in [-0.15, -0.1) is 0 Å². The number of likely N-dealkylation sites (N-methyl/N-ethyl adjacent to an activating group) is 1. The quantitative estimate of drug-likeness (QED) is 0.365. The monoisotopic (exact) mass is 162 g/mol. The second-order valence-corrected chi connectivity index (χ2v) is 1.95. The van der Waals surface area contributed by atoms with Gasteiger partial charge in [0.2, 0.25) is 5.91 Å². The van der Waals surface area contributed by atoms with Crippen LogP contribution < -0.4 is 11.1 Å². The Morgan fingerprint density at radius 2 is 2.00 bits per heavy atom. The van der Waals surface area contributed by atoms with Crippen LogP contribution in [-0.4, -0.2) is 41.3 Å². The van der Waals surface area contributed by atoms with E-state index in [1.165, 1.54) is 7.05 Å². The van der Waals surface area contributed by atoms with Crippen molar-refractivity contribution < 1.29 is 19.8 Å². The number of hydrogen-bond donors (Lipinski definition) is 4. The normalized spacial score (nSPS) is 15.5. The van der Waals surface area contributed by atoms with Gasteiger partial charge in [-0.2, -0.15) is 0 Å². The van der Waals surface area contributed by atoms with Gasteiger partial charge in [0, 0.05) is 0 Å². The predicted molar refractivity (Wildman–Crippen MR) is 35.7 cm³/mol. The Balaban J connectivity index is 4.25. The van der Waals surface area contributed by atoms with E-state index in [0.29, 0.717) is 0 Å². The lowest BCUT2D eigenvalue weighted by molar-refractivity contribution is -0.146. The number of hydrogen-bond acceptors (Lipinski definition) is 4. The molecule has 0 aliphatic rings. The lowest BCUT2D eigenvalue weighted by Crippen LogP contribution is -2.50. The molecule has 0 rings (SSSR count). The van der Waals surface area contributed by atoms with Gasteiger partial charge in [0.15, 0.2) is 6.10 Å². The average molecular weight is 162 g/mol. The topological polar surface area (TPSA) is 113 Å². The van der Waals surface area contributed by atoms with E-state index in [2.05, 4.69) is 11.1 Å². The lowest BCUT2D eigenvalue weighted by atomic mass is 10.1. The third-order valence-electron chi connectivity index (χ3n) is 1.18. The molecule has 0 aromatic heterocycles. The molecule has 0 fully saturated rings. The summed E-state index contributed by atoms with van der Waals surface area (Å²) < 4.78 is 0. The number of aliphatic carboxylic acids is 1. The molecule has 0 heterocycles. The first-order valence-electron chi connectivity index (χ1n) is 2.88.